The van der Waals surface area contributed by atoms with Gasteiger partial charge >= 0.3 is 5.97 Å². The van der Waals surface area contributed by atoms with Gasteiger partial charge in [-0.15, -0.1) is 0 Å². The van der Waals surface area contributed by atoms with Crippen molar-refractivity contribution in [3.63, 3.8) is 0 Å². The van der Waals surface area contributed by atoms with Crippen molar-refractivity contribution in [3.05, 3.63) is 29.6 Å². The normalized spacial score (nSPS) is 20.8. The second-order valence-electron chi connectivity index (χ2n) is 8.07. The Balaban J connectivity index is 2.27. The van der Waals surface area contributed by atoms with Gasteiger partial charge in [0.05, 0.1) is 5.56 Å². The van der Waals surface area contributed by atoms with Crippen molar-refractivity contribution in [1.82, 2.24) is 15.6 Å². The Morgan fingerprint density at radius 1 is 1.28 bits per heavy atom. The number of rotatable bonds is 9. The molecule has 2 amide bonds. The molecule has 1 aromatic heterocycles. The van der Waals surface area contributed by atoms with Gasteiger partial charge in [0.15, 0.2) is 5.84 Å². The lowest BCUT2D eigenvalue weighted by Gasteiger charge is -2.21. The number of carboxylic acids is 1. The lowest BCUT2D eigenvalue weighted by atomic mass is 9.89. The third-order valence-corrected chi connectivity index (χ3v) is 5.69. The zero-order valence-electron chi connectivity index (χ0n) is 17.7. The van der Waals surface area contributed by atoms with Crippen LogP contribution in [0.25, 0.3) is 0 Å². The van der Waals surface area contributed by atoms with Crippen LogP contribution in [0.3, 0.4) is 0 Å². The lowest BCUT2D eigenvalue weighted by Crippen LogP contribution is -2.42. The summed E-state index contributed by atoms with van der Waals surface area (Å²) in [6.45, 7) is 9.62. The zero-order valence-corrected chi connectivity index (χ0v) is 17.7. The molecule has 1 aromatic rings. The molecular formula is C21H30N4O4. The first kappa shape index (κ1) is 22.5. The molecule has 29 heavy (non-hydrogen) atoms. The Hall–Kier alpha value is -2.77. The molecule has 0 saturated carbocycles. The van der Waals surface area contributed by atoms with E-state index in [0.29, 0.717) is 18.8 Å². The van der Waals surface area contributed by atoms with Crippen molar-refractivity contribution in [2.45, 2.75) is 65.5 Å². The standard InChI is InChI=1S/C21H30N4O4/c1-6-13(4)9-10-15(19(27)28)23-18(26)14-8-7-11-22-16(14)17-24-20(29)21(5,25-17)12(2)3/h7-8,11-13,15H,6,9-10H2,1-5H3,(H,23,26)(H,27,28)(H,24,25,29). The van der Waals surface area contributed by atoms with Crippen molar-refractivity contribution in [2.24, 2.45) is 16.8 Å². The molecule has 3 N–H and O–H groups in total. The third-order valence-electron chi connectivity index (χ3n) is 5.69. The summed E-state index contributed by atoms with van der Waals surface area (Å²) in [6, 6.07) is 2.14. The molecule has 0 aliphatic carbocycles. The van der Waals surface area contributed by atoms with E-state index in [9.17, 15) is 19.5 Å². The van der Waals surface area contributed by atoms with Gasteiger partial charge in [-0.1, -0.05) is 34.1 Å². The van der Waals surface area contributed by atoms with Crippen molar-refractivity contribution in [1.29, 1.82) is 0 Å². The molecule has 8 nitrogen and oxygen atoms in total. The zero-order chi connectivity index (χ0) is 21.8. The number of carboxylic acid groups (broad SMARTS) is 1. The van der Waals surface area contributed by atoms with Gasteiger partial charge in [-0.3, -0.25) is 14.6 Å². The Morgan fingerprint density at radius 3 is 2.52 bits per heavy atom. The highest BCUT2D eigenvalue weighted by atomic mass is 16.4. The average molecular weight is 402 g/mol. The highest BCUT2D eigenvalue weighted by Crippen LogP contribution is 2.27. The summed E-state index contributed by atoms with van der Waals surface area (Å²) in [5.41, 5.74) is -0.538. The minimum atomic E-state index is -1.08. The number of aliphatic imine (C=N–C) groups is 1. The van der Waals surface area contributed by atoms with E-state index >= 15 is 0 Å². The molecule has 0 fully saturated rings. The first-order chi connectivity index (χ1) is 13.6. The topological polar surface area (TPSA) is 121 Å². The molecule has 1 aliphatic rings. The molecule has 2 heterocycles. The Labute approximate surface area is 171 Å². The van der Waals surface area contributed by atoms with Crippen LogP contribution in [0.15, 0.2) is 23.3 Å². The Bertz CT molecular complexity index is 821. The number of nitrogens with one attached hydrogen (secondary N) is 2. The third kappa shape index (κ3) is 4.99. The van der Waals surface area contributed by atoms with Crippen molar-refractivity contribution in [2.75, 3.05) is 0 Å². The molecule has 2 rings (SSSR count). The van der Waals surface area contributed by atoms with Crippen LogP contribution in [0.1, 0.15) is 69.9 Å². The SMILES string of the molecule is CCC(C)CCC(NC(=O)c1cccnc1C1=NC(C)(C(C)C)C(=O)N1)C(=O)O. The van der Waals surface area contributed by atoms with Gasteiger partial charge in [-0.25, -0.2) is 9.79 Å². The highest BCUT2D eigenvalue weighted by Gasteiger charge is 2.43. The number of amidine groups is 1. The van der Waals surface area contributed by atoms with Gasteiger partial charge in [0.25, 0.3) is 11.8 Å². The van der Waals surface area contributed by atoms with Gasteiger partial charge in [-0.2, -0.15) is 0 Å². The Morgan fingerprint density at radius 2 is 1.97 bits per heavy atom. The van der Waals surface area contributed by atoms with E-state index in [1.54, 1.807) is 19.1 Å². The molecule has 0 radical (unpaired) electrons. The maximum absolute atomic E-state index is 12.8. The van der Waals surface area contributed by atoms with Crippen molar-refractivity contribution >= 4 is 23.6 Å². The largest absolute Gasteiger partial charge is 0.480 e. The maximum atomic E-state index is 12.8. The molecule has 1 aliphatic heterocycles. The molecule has 158 valence electrons. The quantitative estimate of drug-likeness (QED) is 0.586. The van der Waals surface area contributed by atoms with E-state index in [1.807, 2.05) is 27.7 Å². The summed E-state index contributed by atoms with van der Waals surface area (Å²) in [7, 11) is 0. The highest BCUT2D eigenvalue weighted by molar-refractivity contribution is 6.18. The molecule has 3 atom stereocenters. The predicted molar refractivity (Wildman–Crippen MR) is 110 cm³/mol. The molecule has 0 spiro atoms. The maximum Gasteiger partial charge on any atom is 0.326 e. The van der Waals surface area contributed by atoms with E-state index in [-0.39, 0.29) is 28.9 Å². The average Bonchev–Trinajstić information content (AvgIpc) is 3.00. The summed E-state index contributed by atoms with van der Waals surface area (Å²) in [4.78, 5) is 45.6. The van der Waals surface area contributed by atoms with Crippen LogP contribution < -0.4 is 10.6 Å². The lowest BCUT2D eigenvalue weighted by molar-refractivity contribution is -0.139. The number of pyridine rings is 1. The molecule has 0 saturated heterocycles. The molecule has 3 unspecified atom stereocenters. The first-order valence-corrected chi connectivity index (χ1v) is 10.0. The van der Waals surface area contributed by atoms with E-state index in [1.165, 1.54) is 6.20 Å². The summed E-state index contributed by atoms with van der Waals surface area (Å²) >= 11 is 0. The predicted octanol–water partition coefficient (Wildman–Crippen LogP) is 2.38. The number of carbonyl (C=O) groups excluding carboxylic acids is 2. The van der Waals surface area contributed by atoms with Crippen LogP contribution in [0, 0.1) is 11.8 Å². The summed E-state index contributed by atoms with van der Waals surface area (Å²) in [5.74, 6) is -1.33. The summed E-state index contributed by atoms with van der Waals surface area (Å²) in [6.07, 6.45) is 3.49. The molecule has 0 aromatic carbocycles. The Kier molecular flexibility index (Phi) is 7.11. The van der Waals surface area contributed by atoms with E-state index in [0.717, 1.165) is 6.42 Å². The van der Waals surface area contributed by atoms with E-state index in [4.69, 9.17) is 0 Å². The number of hydrogen-bond acceptors (Lipinski definition) is 5. The van der Waals surface area contributed by atoms with Crippen LogP contribution in [0.5, 0.6) is 0 Å². The number of aliphatic carboxylic acids is 1. The summed E-state index contributed by atoms with van der Waals surface area (Å²) in [5, 5.41) is 14.8. The van der Waals surface area contributed by atoms with Gasteiger partial charge < -0.3 is 15.7 Å². The second-order valence-corrected chi connectivity index (χ2v) is 8.07. The fourth-order valence-electron chi connectivity index (χ4n) is 2.97. The van der Waals surface area contributed by atoms with Gasteiger partial charge in [0.1, 0.15) is 17.3 Å². The fourth-order valence-corrected chi connectivity index (χ4v) is 2.97. The fraction of sp³-hybridized carbons (Fsp3) is 0.571. The van der Waals surface area contributed by atoms with Crippen molar-refractivity contribution < 1.29 is 19.5 Å². The van der Waals surface area contributed by atoms with Gasteiger partial charge in [-0.05, 0) is 43.7 Å². The van der Waals surface area contributed by atoms with Crippen LogP contribution in [-0.2, 0) is 9.59 Å². The number of carbonyl (C=O) groups is 3. The smallest absolute Gasteiger partial charge is 0.326 e. The molecule has 0 bridgehead atoms. The number of aromatic nitrogens is 1. The monoisotopic (exact) mass is 402 g/mol. The second kappa shape index (κ2) is 9.15. The van der Waals surface area contributed by atoms with Crippen molar-refractivity contribution in [3.8, 4) is 0 Å². The van der Waals surface area contributed by atoms with Gasteiger partial charge in [0, 0.05) is 6.20 Å². The van der Waals surface area contributed by atoms with Crippen LogP contribution >= 0.6 is 0 Å². The summed E-state index contributed by atoms with van der Waals surface area (Å²) < 4.78 is 0. The van der Waals surface area contributed by atoms with Crippen LogP contribution in [-0.4, -0.2) is 45.3 Å². The first-order valence-electron chi connectivity index (χ1n) is 10.0. The minimum Gasteiger partial charge on any atom is -0.480 e. The molecular weight excluding hydrogens is 372 g/mol. The molecule has 8 heteroatoms. The van der Waals surface area contributed by atoms with E-state index in [2.05, 4.69) is 20.6 Å². The number of nitrogens with zero attached hydrogens (tertiary/aromatic N) is 2. The van der Waals surface area contributed by atoms with Gasteiger partial charge in [0.2, 0.25) is 0 Å². The number of amides is 2. The van der Waals surface area contributed by atoms with Crippen LogP contribution in [0.4, 0.5) is 0 Å². The number of hydrogen-bond donors (Lipinski definition) is 3. The van der Waals surface area contributed by atoms with Crippen LogP contribution in [0.2, 0.25) is 0 Å². The van der Waals surface area contributed by atoms with E-state index < -0.39 is 23.5 Å². The minimum absolute atomic E-state index is 0.0436.